The number of nitrogens with one attached hydrogen (secondary N) is 1. The normalized spacial score (nSPS) is 10.8. The van der Waals surface area contributed by atoms with E-state index >= 15 is 0 Å². The highest BCUT2D eigenvalue weighted by molar-refractivity contribution is 5.85. The standard InChI is InChI=1S/C10H16N2O.ClH/c1-10(2,8-13)12-7-9-4-3-5-11-6-9;/h3-6,12-13H,7-8H2,1-2H3;1H. The van der Waals surface area contributed by atoms with Gasteiger partial charge >= 0.3 is 0 Å². The largest absolute Gasteiger partial charge is 0.394 e. The smallest absolute Gasteiger partial charge is 0.0607 e. The van der Waals surface area contributed by atoms with E-state index in [-0.39, 0.29) is 24.6 Å². The van der Waals surface area contributed by atoms with E-state index < -0.39 is 0 Å². The summed E-state index contributed by atoms with van der Waals surface area (Å²) in [5.41, 5.74) is 0.902. The van der Waals surface area contributed by atoms with Gasteiger partial charge in [0.1, 0.15) is 0 Å². The lowest BCUT2D eigenvalue weighted by atomic mass is 10.1. The third-order valence-electron chi connectivity index (χ3n) is 1.89. The molecule has 0 saturated heterocycles. The number of nitrogens with zero attached hydrogens (tertiary/aromatic N) is 1. The second kappa shape index (κ2) is 5.96. The van der Waals surface area contributed by atoms with E-state index in [2.05, 4.69) is 10.3 Å². The van der Waals surface area contributed by atoms with Crippen molar-refractivity contribution in [1.82, 2.24) is 10.3 Å². The van der Waals surface area contributed by atoms with Gasteiger partial charge in [0.25, 0.3) is 0 Å². The average molecular weight is 217 g/mol. The summed E-state index contributed by atoms with van der Waals surface area (Å²) in [4.78, 5) is 4.01. The van der Waals surface area contributed by atoms with Crippen LogP contribution in [0, 0.1) is 0 Å². The number of aliphatic hydroxyl groups excluding tert-OH is 1. The fourth-order valence-electron chi connectivity index (χ4n) is 0.900. The Morgan fingerprint density at radius 3 is 2.71 bits per heavy atom. The molecule has 0 fully saturated rings. The average Bonchev–Trinajstić information content (AvgIpc) is 2.17. The topological polar surface area (TPSA) is 45.1 Å². The molecule has 3 nitrogen and oxygen atoms in total. The number of aromatic nitrogens is 1. The Hall–Kier alpha value is -0.640. The maximum atomic E-state index is 8.99. The third-order valence-corrected chi connectivity index (χ3v) is 1.89. The maximum absolute atomic E-state index is 8.99. The molecule has 2 N–H and O–H groups in total. The summed E-state index contributed by atoms with van der Waals surface area (Å²) in [5.74, 6) is 0. The molecule has 4 heteroatoms. The zero-order valence-electron chi connectivity index (χ0n) is 8.53. The van der Waals surface area contributed by atoms with Crippen LogP contribution in [0.2, 0.25) is 0 Å². The maximum Gasteiger partial charge on any atom is 0.0607 e. The van der Waals surface area contributed by atoms with Gasteiger partial charge in [-0.05, 0) is 25.5 Å². The Morgan fingerprint density at radius 1 is 1.50 bits per heavy atom. The van der Waals surface area contributed by atoms with Crippen molar-refractivity contribution in [3.8, 4) is 0 Å². The van der Waals surface area contributed by atoms with E-state index in [9.17, 15) is 0 Å². The van der Waals surface area contributed by atoms with E-state index in [1.807, 2.05) is 32.2 Å². The van der Waals surface area contributed by atoms with Crippen LogP contribution in [0.25, 0.3) is 0 Å². The highest BCUT2D eigenvalue weighted by Crippen LogP contribution is 2.02. The second-order valence-corrected chi connectivity index (χ2v) is 3.76. The quantitative estimate of drug-likeness (QED) is 0.799. The zero-order chi connectivity index (χ0) is 9.73. The van der Waals surface area contributed by atoms with Crippen LogP contribution in [-0.2, 0) is 6.54 Å². The van der Waals surface area contributed by atoms with Gasteiger partial charge in [0.05, 0.1) is 6.61 Å². The molecule has 0 unspecified atom stereocenters. The molecule has 0 bridgehead atoms. The van der Waals surface area contributed by atoms with Crippen molar-refractivity contribution >= 4 is 12.4 Å². The Kier molecular flexibility index (Phi) is 5.69. The van der Waals surface area contributed by atoms with Crippen LogP contribution in [0.3, 0.4) is 0 Å². The van der Waals surface area contributed by atoms with Crippen LogP contribution in [0.4, 0.5) is 0 Å². The lowest BCUT2D eigenvalue weighted by Gasteiger charge is -2.23. The van der Waals surface area contributed by atoms with Crippen LogP contribution in [0.1, 0.15) is 19.4 Å². The number of halogens is 1. The van der Waals surface area contributed by atoms with Gasteiger partial charge in [0.15, 0.2) is 0 Å². The number of hydrogen-bond acceptors (Lipinski definition) is 3. The van der Waals surface area contributed by atoms with Gasteiger partial charge in [-0.15, -0.1) is 12.4 Å². The van der Waals surface area contributed by atoms with E-state index in [4.69, 9.17) is 5.11 Å². The first-order chi connectivity index (χ1) is 6.14. The summed E-state index contributed by atoms with van der Waals surface area (Å²) in [6.45, 7) is 4.79. The number of hydrogen-bond donors (Lipinski definition) is 2. The van der Waals surface area contributed by atoms with Crippen LogP contribution >= 0.6 is 12.4 Å². The van der Waals surface area contributed by atoms with Gasteiger partial charge in [0.2, 0.25) is 0 Å². The van der Waals surface area contributed by atoms with Crippen molar-refractivity contribution in [2.24, 2.45) is 0 Å². The van der Waals surface area contributed by atoms with Crippen LogP contribution < -0.4 is 5.32 Å². The summed E-state index contributed by atoms with van der Waals surface area (Å²) in [7, 11) is 0. The fourth-order valence-corrected chi connectivity index (χ4v) is 0.900. The monoisotopic (exact) mass is 216 g/mol. The van der Waals surface area contributed by atoms with E-state index in [1.165, 1.54) is 0 Å². The summed E-state index contributed by atoms with van der Waals surface area (Å²) < 4.78 is 0. The summed E-state index contributed by atoms with van der Waals surface area (Å²) in [6.07, 6.45) is 3.57. The molecule has 0 aromatic carbocycles. The van der Waals surface area contributed by atoms with Crippen molar-refractivity contribution in [3.05, 3.63) is 30.1 Å². The summed E-state index contributed by atoms with van der Waals surface area (Å²) in [6, 6.07) is 3.91. The molecule has 1 aromatic heterocycles. The minimum Gasteiger partial charge on any atom is -0.394 e. The Bertz CT molecular complexity index is 252. The second-order valence-electron chi connectivity index (χ2n) is 3.76. The fraction of sp³-hybridized carbons (Fsp3) is 0.500. The first-order valence-electron chi connectivity index (χ1n) is 4.39. The SMILES string of the molecule is CC(C)(CO)NCc1cccnc1.Cl. The van der Waals surface area contributed by atoms with Crippen molar-refractivity contribution in [1.29, 1.82) is 0 Å². The molecule has 1 aromatic rings. The molecule has 0 aliphatic rings. The molecule has 14 heavy (non-hydrogen) atoms. The lowest BCUT2D eigenvalue weighted by molar-refractivity contribution is 0.187. The Labute approximate surface area is 91.0 Å². The van der Waals surface area contributed by atoms with Crippen molar-refractivity contribution in [2.75, 3.05) is 6.61 Å². The first kappa shape index (κ1) is 13.4. The molecule has 1 rings (SSSR count). The molecule has 0 aliphatic heterocycles. The molecule has 0 atom stereocenters. The molecule has 0 amide bonds. The third kappa shape index (κ3) is 4.56. The van der Waals surface area contributed by atoms with Gasteiger partial charge in [0, 0.05) is 24.5 Å². The van der Waals surface area contributed by atoms with E-state index in [1.54, 1.807) is 6.20 Å². The van der Waals surface area contributed by atoms with E-state index in [0.717, 1.165) is 12.1 Å². The molecule has 0 spiro atoms. The molecule has 0 aliphatic carbocycles. The van der Waals surface area contributed by atoms with Gasteiger partial charge in [-0.2, -0.15) is 0 Å². The molecule has 80 valence electrons. The van der Waals surface area contributed by atoms with Gasteiger partial charge in [-0.3, -0.25) is 4.98 Å². The Morgan fingerprint density at radius 2 is 2.21 bits per heavy atom. The Balaban J connectivity index is 0.00000169. The predicted molar refractivity (Wildman–Crippen MR) is 59.5 cm³/mol. The number of rotatable bonds is 4. The van der Waals surface area contributed by atoms with Crippen LogP contribution in [0.5, 0.6) is 0 Å². The van der Waals surface area contributed by atoms with Gasteiger partial charge in [-0.25, -0.2) is 0 Å². The molecular formula is C10H17ClN2O. The molecule has 1 heterocycles. The van der Waals surface area contributed by atoms with Crippen molar-refractivity contribution < 1.29 is 5.11 Å². The zero-order valence-corrected chi connectivity index (χ0v) is 9.34. The minimum atomic E-state index is -0.226. The highest BCUT2D eigenvalue weighted by Gasteiger charge is 2.14. The highest BCUT2D eigenvalue weighted by atomic mass is 35.5. The van der Waals surface area contributed by atoms with Gasteiger partial charge < -0.3 is 10.4 Å². The molecular weight excluding hydrogens is 200 g/mol. The summed E-state index contributed by atoms with van der Waals surface area (Å²) in [5, 5.41) is 12.2. The predicted octanol–water partition coefficient (Wildman–Crippen LogP) is 1.36. The number of aliphatic hydroxyl groups is 1. The van der Waals surface area contributed by atoms with Crippen LogP contribution in [0.15, 0.2) is 24.5 Å². The van der Waals surface area contributed by atoms with Gasteiger partial charge in [-0.1, -0.05) is 6.07 Å². The molecule has 0 saturated carbocycles. The van der Waals surface area contributed by atoms with Crippen molar-refractivity contribution in [2.45, 2.75) is 25.9 Å². The van der Waals surface area contributed by atoms with E-state index in [0.29, 0.717) is 0 Å². The van der Waals surface area contributed by atoms with Crippen molar-refractivity contribution in [3.63, 3.8) is 0 Å². The first-order valence-corrected chi connectivity index (χ1v) is 4.39. The molecule has 0 radical (unpaired) electrons. The minimum absolute atomic E-state index is 0. The van der Waals surface area contributed by atoms with Crippen LogP contribution in [-0.4, -0.2) is 22.2 Å². The number of pyridine rings is 1. The lowest BCUT2D eigenvalue weighted by Crippen LogP contribution is -2.42. The summed E-state index contributed by atoms with van der Waals surface area (Å²) >= 11 is 0.